The number of nitriles is 1. The summed E-state index contributed by atoms with van der Waals surface area (Å²) in [6.45, 7) is 0.307. The fourth-order valence-electron chi connectivity index (χ4n) is 1.56. The second kappa shape index (κ2) is 8.07. The summed E-state index contributed by atoms with van der Waals surface area (Å²) < 4.78 is 5.27. The smallest absolute Gasteiger partial charge is 0.312 e. The van der Waals surface area contributed by atoms with Crippen molar-refractivity contribution in [1.29, 1.82) is 5.26 Å². The molecular weight excluding hydrogens is 298 g/mol. The van der Waals surface area contributed by atoms with E-state index in [1.807, 2.05) is 6.07 Å². The molecule has 0 aliphatic rings. The van der Waals surface area contributed by atoms with E-state index < -0.39 is 4.92 Å². The molecular formula is C13H14ClN3O4. The Morgan fingerprint density at radius 2 is 2.29 bits per heavy atom. The second-order valence-electron chi connectivity index (χ2n) is 4.17. The number of benzene rings is 1. The molecule has 0 saturated carbocycles. The first-order valence-electron chi connectivity index (χ1n) is 6.14. The molecule has 0 spiro atoms. The number of amides is 1. The molecule has 0 radical (unpaired) electrons. The average molecular weight is 312 g/mol. The fourth-order valence-corrected chi connectivity index (χ4v) is 1.78. The molecule has 0 fully saturated rings. The highest BCUT2D eigenvalue weighted by Gasteiger charge is 2.18. The quantitative estimate of drug-likeness (QED) is 0.569. The second-order valence-corrected chi connectivity index (χ2v) is 4.57. The van der Waals surface area contributed by atoms with E-state index in [0.717, 1.165) is 0 Å². The van der Waals surface area contributed by atoms with Crippen LogP contribution in [0.2, 0.25) is 5.02 Å². The normalized spacial score (nSPS) is 9.76. The summed E-state index contributed by atoms with van der Waals surface area (Å²) >= 11 is 5.86. The van der Waals surface area contributed by atoms with Crippen molar-refractivity contribution in [1.82, 2.24) is 4.90 Å². The number of carbonyl (C=O) groups is 1. The molecule has 21 heavy (non-hydrogen) atoms. The molecule has 1 amide bonds. The Bertz CT molecular complexity index is 571. The predicted octanol–water partition coefficient (Wildman–Crippen LogP) is 2.39. The van der Waals surface area contributed by atoms with Gasteiger partial charge in [-0.15, -0.1) is 0 Å². The van der Waals surface area contributed by atoms with E-state index in [1.165, 1.54) is 23.1 Å². The molecule has 1 aromatic rings. The highest BCUT2D eigenvalue weighted by molar-refractivity contribution is 6.32. The van der Waals surface area contributed by atoms with Crippen molar-refractivity contribution < 1.29 is 14.5 Å². The van der Waals surface area contributed by atoms with E-state index in [4.69, 9.17) is 21.6 Å². The summed E-state index contributed by atoms with van der Waals surface area (Å²) in [4.78, 5) is 23.4. The molecule has 0 aliphatic heterocycles. The van der Waals surface area contributed by atoms with Crippen LogP contribution < -0.4 is 4.74 Å². The minimum Gasteiger partial charge on any atom is -0.485 e. The summed E-state index contributed by atoms with van der Waals surface area (Å²) in [5, 5.41) is 19.4. The van der Waals surface area contributed by atoms with E-state index in [1.54, 1.807) is 7.05 Å². The molecule has 112 valence electrons. The van der Waals surface area contributed by atoms with Gasteiger partial charge in [-0.1, -0.05) is 17.7 Å². The molecule has 0 saturated heterocycles. The average Bonchev–Trinajstić information content (AvgIpc) is 2.45. The Morgan fingerprint density at radius 3 is 2.90 bits per heavy atom. The predicted molar refractivity (Wildman–Crippen MR) is 76.1 cm³/mol. The largest absolute Gasteiger partial charge is 0.485 e. The van der Waals surface area contributed by atoms with Gasteiger partial charge in [0, 0.05) is 19.7 Å². The number of hydrogen-bond acceptors (Lipinski definition) is 5. The number of para-hydroxylation sites is 1. The van der Waals surface area contributed by atoms with Gasteiger partial charge in [-0.3, -0.25) is 14.9 Å². The van der Waals surface area contributed by atoms with E-state index in [9.17, 15) is 14.9 Å². The number of carbonyl (C=O) groups excluding carboxylic acids is 1. The lowest BCUT2D eigenvalue weighted by Crippen LogP contribution is -2.28. The molecule has 0 bridgehead atoms. The van der Waals surface area contributed by atoms with Crippen molar-refractivity contribution in [2.75, 3.05) is 20.2 Å². The number of rotatable bonds is 7. The third-order valence-electron chi connectivity index (χ3n) is 2.69. The minimum absolute atomic E-state index is 0.0275. The molecule has 0 atom stereocenters. The number of halogens is 1. The first kappa shape index (κ1) is 16.7. The number of ether oxygens (including phenoxy) is 1. The zero-order valence-electron chi connectivity index (χ0n) is 11.4. The van der Waals surface area contributed by atoms with Gasteiger partial charge < -0.3 is 9.64 Å². The van der Waals surface area contributed by atoms with Crippen LogP contribution in [0.1, 0.15) is 12.8 Å². The Morgan fingerprint density at radius 1 is 1.57 bits per heavy atom. The molecule has 1 rings (SSSR count). The van der Waals surface area contributed by atoms with Crippen LogP contribution >= 0.6 is 11.6 Å². The summed E-state index contributed by atoms with van der Waals surface area (Å²) in [5.74, 6) is -0.253. The van der Waals surface area contributed by atoms with Crippen LogP contribution in [0.4, 0.5) is 5.69 Å². The van der Waals surface area contributed by atoms with Gasteiger partial charge in [-0.05, 0) is 6.07 Å². The lowest BCUT2D eigenvalue weighted by atomic mass is 10.3. The summed E-state index contributed by atoms with van der Waals surface area (Å²) in [7, 11) is 1.58. The maximum Gasteiger partial charge on any atom is 0.312 e. The van der Waals surface area contributed by atoms with E-state index >= 15 is 0 Å². The van der Waals surface area contributed by atoms with Crippen molar-refractivity contribution in [3.63, 3.8) is 0 Å². The molecule has 0 heterocycles. The van der Waals surface area contributed by atoms with Crippen LogP contribution in [0.25, 0.3) is 0 Å². The van der Waals surface area contributed by atoms with Crippen molar-refractivity contribution in [3.8, 4) is 11.8 Å². The van der Waals surface area contributed by atoms with Crippen LogP contribution in [0.3, 0.4) is 0 Å². The lowest BCUT2D eigenvalue weighted by molar-refractivity contribution is -0.385. The van der Waals surface area contributed by atoms with Crippen molar-refractivity contribution in [2.45, 2.75) is 12.8 Å². The maximum absolute atomic E-state index is 11.7. The fraction of sp³-hybridized carbons (Fsp3) is 0.385. The maximum atomic E-state index is 11.7. The Balaban J connectivity index is 2.59. The van der Waals surface area contributed by atoms with Crippen LogP contribution in [0.5, 0.6) is 5.75 Å². The van der Waals surface area contributed by atoms with Gasteiger partial charge in [-0.25, -0.2) is 0 Å². The first-order chi connectivity index (χ1) is 9.97. The van der Waals surface area contributed by atoms with Gasteiger partial charge in [0.1, 0.15) is 0 Å². The molecule has 7 nitrogen and oxygen atoms in total. The zero-order valence-corrected chi connectivity index (χ0v) is 12.2. The molecule has 0 aromatic heterocycles. The molecule has 1 aromatic carbocycles. The van der Waals surface area contributed by atoms with Crippen LogP contribution in [0, 0.1) is 21.4 Å². The molecule has 0 aliphatic carbocycles. The first-order valence-corrected chi connectivity index (χ1v) is 6.51. The van der Waals surface area contributed by atoms with E-state index in [0.29, 0.717) is 6.54 Å². The van der Waals surface area contributed by atoms with Crippen LogP contribution in [0.15, 0.2) is 18.2 Å². The summed E-state index contributed by atoms with van der Waals surface area (Å²) in [6.07, 6.45) is 0.295. The van der Waals surface area contributed by atoms with Gasteiger partial charge in [0.25, 0.3) is 0 Å². The third kappa shape index (κ3) is 4.93. The van der Waals surface area contributed by atoms with Crippen molar-refractivity contribution >= 4 is 23.2 Å². The molecule has 0 unspecified atom stereocenters. The summed E-state index contributed by atoms with van der Waals surface area (Å²) in [6, 6.07) is 6.15. The van der Waals surface area contributed by atoms with E-state index in [2.05, 4.69) is 0 Å². The van der Waals surface area contributed by atoms with Crippen molar-refractivity contribution in [2.24, 2.45) is 0 Å². The zero-order chi connectivity index (χ0) is 15.8. The van der Waals surface area contributed by atoms with Crippen LogP contribution in [-0.4, -0.2) is 35.9 Å². The highest BCUT2D eigenvalue weighted by atomic mass is 35.5. The standard InChI is InChI=1S/C13H14ClN3O4/c1-16(8-3-7-15)12(18)6-9-21-13-10(14)4-2-5-11(13)17(19)20/h2,4-5H,3,6,8-9H2,1H3. The molecule has 8 heteroatoms. The van der Waals surface area contributed by atoms with Crippen LogP contribution in [-0.2, 0) is 4.79 Å². The van der Waals surface area contributed by atoms with E-state index in [-0.39, 0.29) is 41.8 Å². The number of hydrogen-bond donors (Lipinski definition) is 0. The topological polar surface area (TPSA) is 96.5 Å². The highest BCUT2D eigenvalue weighted by Crippen LogP contribution is 2.34. The number of nitro groups is 1. The SMILES string of the molecule is CN(CCC#N)C(=O)CCOc1c(Cl)cccc1[N+](=O)[O-]. The lowest BCUT2D eigenvalue weighted by Gasteiger charge is -2.15. The van der Waals surface area contributed by atoms with Gasteiger partial charge in [0.15, 0.2) is 0 Å². The third-order valence-corrected chi connectivity index (χ3v) is 2.99. The Hall–Kier alpha value is -2.33. The Kier molecular flexibility index (Phi) is 6.43. The Labute approximate surface area is 126 Å². The van der Waals surface area contributed by atoms with Gasteiger partial charge >= 0.3 is 5.69 Å². The number of nitrogens with zero attached hydrogens (tertiary/aromatic N) is 3. The number of nitro benzene ring substituents is 1. The van der Waals surface area contributed by atoms with Gasteiger partial charge in [-0.2, -0.15) is 5.26 Å². The van der Waals surface area contributed by atoms with Crippen molar-refractivity contribution in [3.05, 3.63) is 33.3 Å². The summed E-state index contributed by atoms with van der Waals surface area (Å²) in [5.41, 5.74) is -0.243. The van der Waals surface area contributed by atoms with Gasteiger partial charge in [0.2, 0.25) is 11.7 Å². The van der Waals surface area contributed by atoms with Gasteiger partial charge in [0.05, 0.1) is 35.5 Å². The monoisotopic (exact) mass is 311 g/mol. The minimum atomic E-state index is -0.595. The molecule has 0 N–H and O–H groups in total.